The Morgan fingerprint density at radius 1 is 1.43 bits per heavy atom. The van der Waals surface area contributed by atoms with Gasteiger partial charge in [-0.1, -0.05) is 0 Å². The van der Waals surface area contributed by atoms with E-state index in [-0.39, 0.29) is 21.8 Å². The van der Waals surface area contributed by atoms with Crippen molar-refractivity contribution < 1.29 is 30.2 Å². The monoisotopic (exact) mass is 170 g/mol. The predicted molar refractivity (Wildman–Crippen MR) is 20.1 cm³/mol. The molecule has 0 bridgehead atoms. The van der Waals surface area contributed by atoms with E-state index in [1.807, 2.05) is 0 Å². The molecule has 1 radical (unpaired) electrons. The zero-order chi connectivity index (χ0) is 4.50. The molecule has 47 valence electrons. The van der Waals surface area contributed by atoms with Crippen molar-refractivity contribution in [2.45, 2.75) is 0 Å². The average molecular weight is 170 g/mol. The summed E-state index contributed by atoms with van der Waals surface area (Å²) in [6.07, 6.45) is 0.938. The zero-order valence-electron chi connectivity index (χ0n) is 3.53. The largest absolute Gasteiger partial charge is 0.229 e. The van der Waals surface area contributed by atoms with Gasteiger partial charge in [-0.3, -0.25) is 0 Å². The summed E-state index contributed by atoms with van der Waals surface area (Å²) in [5.41, 5.74) is 0. The first-order valence-corrected chi connectivity index (χ1v) is 2.93. The molecular weight excluding hydrogens is 165 g/mol. The molecule has 0 saturated carbocycles. The fraction of sp³-hybridized carbons (Fsp3) is 1.00. The molecule has 7 heavy (non-hydrogen) atoms. The maximum Gasteiger partial charge on any atom is 0.206 e. The van der Waals surface area contributed by atoms with Gasteiger partial charge in [0.25, 0.3) is 0 Å². The zero-order valence-corrected chi connectivity index (χ0v) is 5.45. The maximum absolute atomic E-state index is 9.41. The van der Waals surface area contributed by atoms with Crippen LogP contribution in [0.15, 0.2) is 0 Å². The average Bonchev–Trinajstić information content (AvgIpc) is 0.722. The van der Waals surface area contributed by atoms with Crippen LogP contribution in [-0.4, -0.2) is 14.7 Å². The van der Waals surface area contributed by atoms with Crippen LogP contribution in [0.25, 0.3) is 0 Å². The van der Waals surface area contributed by atoms with Gasteiger partial charge in [0.15, 0.2) is 0 Å². The van der Waals surface area contributed by atoms with E-state index in [1.54, 1.807) is 0 Å². The molecule has 0 spiro atoms. The Morgan fingerprint density at radius 3 is 1.43 bits per heavy atom. The van der Waals surface area contributed by atoms with Crippen LogP contribution in [0.1, 0.15) is 0 Å². The minimum atomic E-state index is -3.17. The van der Waals surface area contributed by atoms with Gasteiger partial charge in [0.05, 0.1) is 6.26 Å². The summed E-state index contributed by atoms with van der Waals surface area (Å²) in [7, 11) is -3.17. The molecule has 0 aliphatic carbocycles. The number of nitrogens with two attached hydrogens (primary N) is 1. The number of primary sulfonamides is 1. The van der Waals surface area contributed by atoms with Gasteiger partial charge in [-0.05, 0) is 0 Å². The van der Waals surface area contributed by atoms with Gasteiger partial charge in [0.1, 0.15) is 0 Å². The third-order valence-corrected chi connectivity index (χ3v) is 0. The Labute approximate surface area is 52.2 Å². The third-order valence-electron chi connectivity index (χ3n) is 0. The number of rotatable bonds is 0. The second kappa shape index (κ2) is 4.52. The third kappa shape index (κ3) is 935. The molecule has 0 aromatic carbocycles. The molecule has 0 heterocycles. The SMILES string of the molecule is CS(N)(=O)=O.[F].[Fe]. The Morgan fingerprint density at radius 2 is 1.43 bits per heavy atom. The molecule has 3 nitrogen and oxygen atoms in total. The standard InChI is InChI=1S/CH5NO2S.F.Fe/c1-5(2,3)4;;/h1H3,(H2,2,3,4);;. The molecule has 0 rings (SSSR count). The summed E-state index contributed by atoms with van der Waals surface area (Å²) in [5.74, 6) is 0. The predicted octanol–water partition coefficient (Wildman–Crippen LogP) is -0.678. The molecule has 0 fully saturated rings. The van der Waals surface area contributed by atoms with Gasteiger partial charge in [0, 0.05) is 21.8 Å². The van der Waals surface area contributed by atoms with Gasteiger partial charge >= 0.3 is 0 Å². The topological polar surface area (TPSA) is 60.2 Å². The second-order valence-corrected chi connectivity index (χ2v) is 2.49. The molecule has 0 aromatic rings. The van der Waals surface area contributed by atoms with Crippen LogP contribution < -0.4 is 5.14 Å². The van der Waals surface area contributed by atoms with Crippen LogP contribution in [0, 0.1) is 0 Å². The molecule has 0 unspecified atom stereocenters. The van der Waals surface area contributed by atoms with Gasteiger partial charge in [0.2, 0.25) is 10.0 Å². The quantitative estimate of drug-likeness (QED) is 0.489. The van der Waals surface area contributed by atoms with E-state index in [0.717, 1.165) is 6.26 Å². The Kier molecular flexibility index (Phi) is 10.1. The number of halogens is 1. The van der Waals surface area contributed by atoms with E-state index in [2.05, 4.69) is 5.14 Å². The Balaban J connectivity index is -0.0000000800. The Bertz CT molecular complexity index is 101. The van der Waals surface area contributed by atoms with Gasteiger partial charge in [-0.15, -0.1) is 0 Å². The van der Waals surface area contributed by atoms with E-state index in [9.17, 15) is 8.42 Å². The molecule has 6 heteroatoms. The van der Waals surface area contributed by atoms with E-state index in [4.69, 9.17) is 0 Å². The summed E-state index contributed by atoms with van der Waals surface area (Å²) in [5, 5.41) is 4.33. The summed E-state index contributed by atoms with van der Waals surface area (Å²) in [6, 6.07) is 0. The number of sulfonamides is 1. The van der Waals surface area contributed by atoms with Gasteiger partial charge in [-0.2, -0.15) is 0 Å². The van der Waals surface area contributed by atoms with Crippen LogP contribution in [0.2, 0.25) is 0 Å². The van der Waals surface area contributed by atoms with Crippen molar-refractivity contribution in [3.63, 3.8) is 0 Å². The molecule has 2 N–H and O–H groups in total. The van der Waals surface area contributed by atoms with Crippen molar-refractivity contribution in [2.24, 2.45) is 5.14 Å². The van der Waals surface area contributed by atoms with Crippen molar-refractivity contribution in [1.82, 2.24) is 0 Å². The molecule has 0 aliphatic heterocycles. The minimum Gasteiger partial charge on any atom is -0.229 e. The van der Waals surface area contributed by atoms with E-state index in [1.165, 1.54) is 0 Å². The second-order valence-electron chi connectivity index (χ2n) is 0.830. The first-order valence-electron chi connectivity index (χ1n) is 0.977. The van der Waals surface area contributed by atoms with E-state index in [0.29, 0.717) is 0 Å². The van der Waals surface area contributed by atoms with Crippen LogP contribution in [0.5, 0.6) is 0 Å². The molecule has 0 aromatic heterocycles. The smallest absolute Gasteiger partial charge is 0.206 e. The molecule has 0 saturated heterocycles. The van der Waals surface area contributed by atoms with E-state index < -0.39 is 10.0 Å². The van der Waals surface area contributed by atoms with Crippen LogP contribution in [-0.2, 0) is 27.1 Å². The van der Waals surface area contributed by atoms with Crippen molar-refractivity contribution in [1.29, 1.82) is 0 Å². The van der Waals surface area contributed by atoms with Gasteiger partial charge in [-0.25, -0.2) is 13.6 Å². The molecule has 0 atom stereocenters. The van der Waals surface area contributed by atoms with Crippen LogP contribution >= 0.6 is 0 Å². The molecule has 0 amide bonds. The first kappa shape index (κ1) is 15.7. The normalized spacial score (nSPS) is 8.29. The van der Waals surface area contributed by atoms with Crippen LogP contribution in [0.4, 0.5) is 4.70 Å². The van der Waals surface area contributed by atoms with Crippen molar-refractivity contribution in [3.8, 4) is 0 Å². The van der Waals surface area contributed by atoms with Crippen LogP contribution in [0.3, 0.4) is 0 Å². The number of hydrogen-bond donors (Lipinski definition) is 1. The first-order chi connectivity index (χ1) is 2.00. The van der Waals surface area contributed by atoms with E-state index >= 15 is 0 Å². The van der Waals surface area contributed by atoms with Crippen molar-refractivity contribution >= 4 is 10.0 Å². The van der Waals surface area contributed by atoms with Gasteiger partial charge < -0.3 is 0 Å². The fourth-order valence-electron chi connectivity index (χ4n) is 0. The summed E-state index contributed by atoms with van der Waals surface area (Å²) in [4.78, 5) is 0. The minimum absolute atomic E-state index is 0. The molecule has 0 aliphatic rings. The van der Waals surface area contributed by atoms with Crippen molar-refractivity contribution in [2.75, 3.05) is 6.26 Å². The van der Waals surface area contributed by atoms with Crippen molar-refractivity contribution in [3.05, 3.63) is 0 Å². The summed E-state index contributed by atoms with van der Waals surface area (Å²) < 4.78 is 18.8. The summed E-state index contributed by atoms with van der Waals surface area (Å²) in [6.45, 7) is 0. The summed E-state index contributed by atoms with van der Waals surface area (Å²) >= 11 is 0. The fourth-order valence-corrected chi connectivity index (χ4v) is 0. The maximum atomic E-state index is 9.41. The molecular formula is CH5FFeNO2S. The number of hydrogen-bond acceptors (Lipinski definition) is 2. The Hall–Kier alpha value is 0.359.